The molecule has 0 spiro atoms. The molecule has 2 aromatic carbocycles. The van der Waals surface area contributed by atoms with Crippen LogP contribution in [-0.4, -0.2) is 42.3 Å². The number of fused-ring (bicyclic) bond motifs is 3. The molecule has 1 aliphatic carbocycles. The van der Waals surface area contributed by atoms with Crippen LogP contribution in [0.15, 0.2) is 48.5 Å². The van der Waals surface area contributed by atoms with E-state index in [2.05, 4.69) is 40.8 Å². The normalized spacial score (nSPS) is 13.7. The molecule has 7 heteroatoms. The molecule has 3 rings (SSSR count). The molecule has 0 radical (unpaired) electrons. The van der Waals surface area contributed by atoms with Crippen molar-refractivity contribution in [2.75, 3.05) is 13.2 Å². The summed E-state index contributed by atoms with van der Waals surface area (Å²) in [5.41, 5.74) is 4.55. The van der Waals surface area contributed by atoms with E-state index >= 15 is 0 Å². The number of carboxylic acid groups (broad SMARTS) is 1. The van der Waals surface area contributed by atoms with Gasteiger partial charge in [0, 0.05) is 17.9 Å². The maximum Gasteiger partial charge on any atom is 0.407 e. The Balaban J connectivity index is 1.60. The van der Waals surface area contributed by atoms with Crippen LogP contribution in [0.5, 0.6) is 0 Å². The number of rotatable bonds is 7. The van der Waals surface area contributed by atoms with Crippen molar-refractivity contribution in [3.63, 3.8) is 0 Å². The molecule has 7 nitrogen and oxygen atoms in total. The van der Waals surface area contributed by atoms with E-state index in [1.165, 1.54) is 0 Å². The van der Waals surface area contributed by atoms with E-state index in [9.17, 15) is 14.4 Å². The fourth-order valence-electron chi connectivity index (χ4n) is 4.39. The molecule has 0 bridgehead atoms. The van der Waals surface area contributed by atoms with Crippen LogP contribution in [0.2, 0.25) is 0 Å². The third-order valence-corrected chi connectivity index (χ3v) is 5.80. The lowest BCUT2D eigenvalue weighted by atomic mass is 9.88. The topological polar surface area (TPSA) is 105 Å². The Kier molecular flexibility index (Phi) is 7.73. The van der Waals surface area contributed by atoms with Gasteiger partial charge >= 0.3 is 12.1 Å². The minimum atomic E-state index is -1.25. The Labute approximate surface area is 193 Å². The number of amides is 2. The molecule has 1 aliphatic rings. The summed E-state index contributed by atoms with van der Waals surface area (Å²) in [6.07, 6.45) is -0.589. The van der Waals surface area contributed by atoms with E-state index in [1.54, 1.807) is 6.92 Å². The molecule has 2 atom stereocenters. The highest BCUT2D eigenvalue weighted by Gasteiger charge is 2.31. The molecule has 2 unspecified atom stereocenters. The number of benzene rings is 2. The predicted molar refractivity (Wildman–Crippen MR) is 124 cm³/mol. The monoisotopic (exact) mass is 448 g/mol. The second kappa shape index (κ2) is 10.7. The van der Waals surface area contributed by atoms with Crippen molar-refractivity contribution in [2.45, 2.75) is 32.7 Å². The maximum atomic E-state index is 12.6. The number of nitrogens with one attached hydrogen (secondary N) is 2. The summed E-state index contributed by atoms with van der Waals surface area (Å²) in [5, 5.41) is 13.9. The Morgan fingerprint density at radius 2 is 1.58 bits per heavy atom. The van der Waals surface area contributed by atoms with Crippen LogP contribution >= 0.6 is 0 Å². The van der Waals surface area contributed by atoms with Crippen molar-refractivity contribution in [1.29, 1.82) is 0 Å². The average molecular weight is 449 g/mol. The number of ether oxygens (including phenoxy) is 1. The van der Waals surface area contributed by atoms with Crippen LogP contribution in [0.1, 0.15) is 37.8 Å². The lowest BCUT2D eigenvalue weighted by Gasteiger charge is -2.27. The third-order valence-electron chi connectivity index (χ3n) is 5.80. The Morgan fingerprint density at radius 3 is 2.12 bits per heavy atom. The van der Waals surface area contributed by atoms with Gasteiger partial charge in [-0.25, -0.2) is 9.59 Å². The van der Waals surface area contributed by atoms with E-state index in [0.717, 1.165) is 22.3 Å². The minimum absolute atomic E-state index is 0.0459. The molecular formula is C26H28N2O5. The third kappa shape index (κ3) is 5.72. The number of carboxylic acids is 1. The summed E-state index contributed by atoms with van der Waals surface area (Å²) in [5.74, 6) is 2.11. The smallest absolute Gasteiger partial charge is 0.407 e. The standard InChI is InChI=1S/C26H28N2O5/c1-16(2)24(25(31)27-14-8-13-23(29)30)17(3)28-26(32)33-15-22-20-11-6-4-9-18(20)19-10-5-7-12-21(19)22/h4-7,9-12,16-17,22,24H,14-15H2,1-3H3,(H,27,31)(H,28,32)(H,29,30). The summed E-state index contributed by atoms with van der Waals surface area (Å²) in [7, 11) is 0. The molecule has 3 N–H and O–H groups in total. The predicted octanol–water partition coefficient (Wildman–Crippen LogP) is 3.39. The molecule has 0 saturated carbocycles. The highest BCUT2D eigenvalue weighted by atomic mass is 16.5. The van der Waals surface area contributed by atoms with Crippen molar-refractivity contribution < 1.29 is 24.2 Å². The SMILES string of the molecule is CC(C)C(C(=O)NCC#CC(=O)O)C(C)NC(=O)OCC1c2ccccc2-c2ccccc21. The highest BCUT2D eigenvalue weighted by molar-refractivity contribution is 5.87. The average Bonchev–Trinajstić information content (AvgIpc) is 3.09. The van der Waals surface area contributed by atoms with Gasteiger partial charge in [-0.2, -0.15) is 0 Å². The van der Waals surface area contributed by atoms with E-state index in [-0.39, 0.29) is 30.9 Å². The molecule has 0 saturated heterocycles. The van der Waals surface area contributed by atoms with Crippen molar-refractivity contribution in [2.24, 2.45) is 11.8 Å². The zero-order valence-electron chi connectivity index (χ0n) is 18.9. The van der Waals surface area contributed by atoms with Crippen LogP contribution in [0, 0.1) is 23.7 Å². The number of carbonyl (C=O) groups excluding carboxylic acids is 2. The number of hydrogen-bond donors (Lipinski definition) is 3. The van der Waals surface area contributed by atoms with Crippen LogP contribution in [0.3, 0.4) is 0 Å². The van der Waals surface area contributed by atoms with Gasteiger partial charge in [0.05, 0.1) is 12.5 Å². The second-order valence-corrected chi connectivity index (χ2v) is 8.35. The van der Waals surface area contributed by atoms with Gasteiger partial charge < -0.3 is 20.5 Å². The maximum absolute atomic E-state index is 12.6. The van der Waals surface area contributed by atoms with Gasteiger partial charge in [0.25, 0.3) is 0 Å². The van der Waals surface area contributed by atoms with Gasteiger partial charge in [-0.3, -0.25) is 4.79 Å². The molecule has 0 heterocycles. The quantitative estimate of drug-likeness (QED) is 0.563. The van der Waals surface area contributed by atoms with E-state index in [1.807, 2.05) is 44.0 Å². The van der Waals surface area contributed by atoms with Gasteiger partial charge in [-0.1, -0.05) is 68.3 Å². The van der Waals surface area contributed by atoms with Gasteiger partial charge in [0.1, 0.15) is 6.61 Å². The van der Waals surface area contributed by atoms with E-state index in [0.29, 0.717) is 0 Å². The summed E-state index contributed by atoms with van der Waals surface area (Å²) < 4.78 is 5.58. The lowest BCUT2D eigenvalue weighted by Crippen LogP contribution is -2.47. The fraction of sp³-hybridized carbons (Fsp3) is 0.346. The molecule has 2 aromatic rings. The van der Waals surface area contributed by atoms with Crippen LogP contribution < -0.4 is 10.6 Å². The zero-order valence-corrected chi connectivity index (χ0v) is 18.9. The molecule has 33 heavy (non-hydrogen) atoms. The highest BCUT2D eigenvalue weighted by Crippen LogP contribution is 2.44. The first-order chi connectivity index (χ1) is 15.8. The summed E-state index contributed by atoms with van der Waals surface area (Å²) in [6, 6.07) is 15.7. The van der Waals surface area contributed by atoms with Crippen molar-refractivity contribution >= 4 is 18.0 Å². The van der Waals surface area contributed by atoms with Crippen LogP contribution in [0.4, 0.5) is 4.79 Å². The second-order valence-electron chi connectivity index (χ2n) is 8.35. The van der Waals surface area contributed by atoms with E-state index < -0.39 is 24.0 Å². The zero-order chi connectivity index (χ0) is 24.0. The molecule has 2 amide bonds. The van der Waals surface area contributed by atoms with Crippen molar-refractivity contribution in [3.8, 4) is 23.0 Å². The van der Waals surface area contributed by atoms with Gasteiger partial charge in [0.15, 0.2) is 0 Å². The Morgan fingerprint density at radius 1 is 1.00 bits per heavy atom. The van der Waals surface area contributed by atoms with Crippen LogP contribution in [0.25, 0.3) is 11.1 Å². The molecule has 0 fully saturated rings. The first-order valence-electron chi connectivity index (χ1n) is 10.9. The van der Waals surface area contributed by atoms with Gasteiger partial charge in [0.2, 0.25) is 5.91 Å². The fourth-order valence-corrected chi connectivity index (χ4v) is 4.39. The summed E-state index contributed by atoms with van der Waals surface area (Å²) in [6.45, 7) is 5.61. The minimum Gasteiger partial charge on any atom is -0.472 e. The summed E-state index contributed by atoms with van der Waals surface area (Å²) >= 11 is 0. The largest absolute Gasteiger partial charge is 0.472 e. The van der Waals surface area contributed by atoms with Gasteiger partial charge in [-0.15, -0.1) is 0 Å². The number of carbonyl (C=O) groups is 3. The molecule has 0 aromatic heterocycles. The number of alkyl carbamates (subject to hydrolysis) is 1. The van der Waals surface area contributed by atoms with Crippen molar-refractivity contribution in [3.05, 3.63) is 59.7 Å². The Bertz CT molecular complexity index is 1050. The number of aliphatic carboxylic acids is 1. The van der Waals surface area contributed by atoms with Crippen LogP contribution in [-0.2, 0) is 14.3 Å². The first-order valence-corrected chi connectivity index (χ1v) is 10.9. The number of hydrogen-bond acceptors (Lipinski definition) is 4. The molecule has 172 valence electrons. The Hall–Kier alpha value is -3.79. The lowest BCUT2D eigenvalue weighted by molar-refractivity contribution is -0.130. The van der Waals surface area contributed by atoms with E-state index in [4.69, 9.17) is 9.84 Å². The van der Waals surface area contributed by atoms with Crippen molar-refractivity contribution in [1.82, 2.24) is 10.6 Å². The molecular weight excluding hydrogens is 420 g/mol. The summed E-state index contributed by atoms with van der Waals surface area (Å²) in [4.78, 5) is 35.6. The van der Waals surface area contributed by atoms with Gasteiger partial charge in [-0.05, 0) is 35.1 Å². The first kappa shape index (κ1) is 23.9. The molecule has 0 aliphatic heterocycles.